The summed E-state index contributed by atoms with van der Waals surface area (Å²) in [5.74, 6) is 0.466. The number of rotatable bonds is 4. The number of hydrogen-bond acceptors (Lipinski definition) is 5. The van der Waals surface area contributed by atoms with E-state index < -0.39 is 0 Å². The third-order valence-electron chi connectivity index (χ3n) is 4.83. The number of aromatic nitrogens is 2. The fourth-order valence-electron chi connectivity index (χ4n) is 3.24. The molecule has 0 spiro atoms. The normalized spacial score (nSPS) is 16.4. The molecule has 0 radical (unpaired) electrons. The van der Waals surface area contributed by atoms with Crippen LogP contribution in [0.3, 0.4) is 0 Å². The number of hydrogen-bond donors (Lipinski definition) is 3. The SMILES string of the molecule is CN1C(=O)CC(c2cccc(NC(=O)c3ccccc3-c3ncc[nH]3)c2)N=C1N. The Bertz CT molecular complexity index is 1090. The highest BCUT2D eigenvalue weighted by molar-refractivity contribution is 6.08. The Morgan fingerprint density at radius 3 is 2.83 bits per heavy atom. The maximum Gasteiger partial charge on any atom is 0.256 e. The summed E-state index contributed by atoms with van der Waals surface area (Å²) in [6.07, 6.45) is 3.58. The van der Waals surface area contributed by atoms with Crippen LogP contribution in [0.15, 0.2) is 65.9 Å². The molecule has 8 heteroatoms. The average molecular weight is 388 g/mol. The molecule has 0 saturated carbocycles. The highest BCUT2D eigenvalue weighted by atomic mass is 16.2. The van der Waals surface area contributed by atoms with Crippen molar-refractivity contribution in [2.75, 3.05) is 12.4 Å². The molecular formula is C21H20N6O2. The Hall–Kier alpha value is -3.94. The number of H-pyrrole nitrogens is 1. The largest absolute Gasteiger partial charge is 0.369 e. The average Bonchev–Trinajstić information content (AvgIpc) is 3.26. The van der Waals surface area contributed by atoms with Gasteiger partial charge in [0.05, 0.1) is 18.0 Å². The lowest BCUT2D eigenvalue weighted by molar-refractivity contribution is -0.127. The highest BCUT2D eigenvalue weighted by Crippen LogP contribution is 2.28. The van der Waals surface area contributed by atoms with Gasteiger partial charge >= 0.3 is 0 Å². The van der Waals surface area contributed by atoms with Gasteiger partial charge in [-0.3, -0.25) is 14.5 Å². The molecular weight excluding hydrogens is 368 g/mol. The van der Waals surface area contributed by atoms with E-state index in [0.717, 1.165) is 5.56 Å². The third-order valence-corrected chi connectivity index (χ3v) is 4.83. The molecule has 0 bridgehead atoms. The fraction of sp³-hybridized carbons (Fsp3) is 0.143. The topological polar surface area (TPSA) is 116 Å². The molecule has 2 aromatic carbocycles. The number of imidazole rings is 1. The molecule has 0 aliphatic carbocycles. The summed E-state index contributed by atoms with van der Waals surface area (Å²) < 4.78 is 0. The van der Waals surface area contributed by atoms with E-state index in [1.165, 1.54) is 4.90 Å². The van der Waals surface area contributed by atoms with Gasteiger partial charge in [-0.1, -0.05) is 30.3 Å². The molecule has 2 heterocycles. The lowest BCUT2D eigenvalue weighted by Crippen LogP contribution is -2.42. The molecule has 1 atom stereocenters. The van der Waals surface area contributed by atoms with Gasteiger partial charge in [-0.25, -0.2) is 9.98 Å². The van der Waals surface area contributed by atoms with Gasteiger partial charge in [0.25, 0.3) is 5.91 Å². The Balaban J connectivity index is 1.58. The molecule has 4 rings (SSSR count). The van der Waals surface area contributed by atoms with E-state index >= 15 is 0 Å². The van der Waals surface area contributed by atoms with Crippen molar-refractivity contribution in [2.24, 2.45) is 10.7 Å². The number of nitrogens with one attached hydrogen (secondary N) is 2. The number of nitrogens with two attached hydrogens (primary N) is 1. The van der Waals surface area contributed by atoms with Crippen molar-refractivity contribution in [3.8, 4) is 11.4 Å². The van der Waals surface area contributed by atoms with E-state index in [1.54, 1.807) is 37.6 Å². The zero-order valence-corrected chi connectivity index (χ0v) is 15.8. The van der Waals surface area contributed by atoms with Crippen LogP contribution in [0.5, 0.6) is 0 Å². The van der Waals surface area contributed by atoms with Crippen LogP contribution in [0, 0.1) is 0 Å². The lowest BCUT2D eigenvalue weighted by Gasteiger charge is -2.25. The summed E-state index contributed by atoms with van der Waals surface area (Å²) in [4.78, 5) is 38.0. The second kappa shape index (κ2) is 7.59. The zero-order valence-electron chi connectivity index (χ0n) is 15.8. The van der Waals surface area contributed by atoms with E-state index in [4.69, 9.17) is 5.73 Å². The van der Waals surface area contributed by atoms with Gasteiger partial charge < -0.3 is 16.0 Å². The van der Waals surface area contributed by atoms with E-state index in [2.05, 4.69) is 20.3 Å². The molecule has 0 fully saturated rings. The highest BCUT2D eigenvalue weighted by Gasteiger charge is 2.26. The summed E-state index contributed by atoms with van der Waals surface area (Å²) >= 11 is 0. The Labute approximate surface area is 167 Å². The molecule has 4 N–H and O–H groups in total. The van der Waals surface area contributed by atoms with Gasteiger partial charge in [0.2, 0.25) is 5.91 Å². The summed E-state index contributed by atoms with van der Waals surface area (Å²) in [6.45, 7) is 0. The fourth-order valence-corrected chi connectivity index (χ4v) is 3.24. The standard InChI is InChI=1S/C21H20N6O2/c1-27-18(28)12-17(26-21(27)22)13-5-4-6-14(11-13)25-20(29)16-8-3-2-7-15(16)19-23-9-10-24-19/h2-11,17H,12H2,1H3,(H2,22,26)(H,23,24)(H,25,29). The predicted octanol–water partition coefficient (Wildman–Crippen LogP) is 2.55. The molecule has 1 unspecified atom stereocenters. The van der Waals surface area contributed by atoms with Crippen molar-refractivity contribution in [3.63, 3.8) is 0 Å². The number of aromatic amines is 1. The minimum Gasteiger partial charge on any atom is -0.369 e. The summed E-state index contributed by atoms with van der Waals surface area (Å²) in [6, 6.07) is 14.2. The van der Waals surface area contributed by atoms with Crippen molar-refractivity contribution in [3.05, 3.63) is 72.1 Å². The third kappa shape index (κ3) is 3.73. The number of guanidine groups is 1. The van der Waals surface area contributed by atoms with Gasteiger partial charge in [-0.15, -0.1) is 0 Å². The summed E-state index contributed by atoms with van der Waals surface area (Å²) in [5.41, 5.74) is 8.47. The first-order valence-electron chi connectivity index (χ1n) is 9.13. The minimum absolute atomic E-state index is 0.0932. The van der Waals surface area contributed by atoms with Crippen LogP contribution in [0.4, 0.5) is 5.69 Å². The maximum absolute atomic E-state index is 12.9. The van der Waals surface area contributed by atoms with Crippen LogP contribution in [0.2, 0.25) is 0 Å². The molecule has 0 saturated heterocycles. The first-order valence-corrected chi connectivity index (χ1v) is 9.13. The number of anilines is 1. The summed E-state index contributed by atoms with van der Waals surface area (Å²) in [5, 5.41) is 2.92. The van der Waals surface area contributed by atoms with Gasteiger partial charge in [-0.05, 0) is 23.8 Å². The second-order valence-electron chi connectivity index (χ2n) is 6.72. The molecule has 146 valence electrons. The Morgan fingerprint density at radius 2 is 2.07 bits per heavy atom. The number of amides is 2. The molecule has 3 aromatic rings. The Morgan fingerprint density at radius 1 is 1.24 bits per heavy atom. The minimum atomic E-state index is -0.369. The monoisotopic (exact) mass is 388 g/mol. The number of nitrogens with zero attached hydrogens (tertiary/aromatic N) is 3. The van der Waals surface area contributed by atoms with Crippen LogP contribution in [0.25, 0.3) is 11.4 Å². The number of carbonyl (C=O) groups is 2. The van der Waals surface area contributed by atoms with Gasteiger partial charge in [0, 0.05) is 30.7 Å². The molecule has 1 aromatic heterocycles. The predicted molar refractivity (Wildman–Crippen MR) is 110 cm³/mol. The lowest BCUT2D eigenvalue weighted by atomic mass is 10.0. The van der Waals surface area contributed by atoms with Crippen molar-refractivity contribution < 1.29 is 9.59 Å². The van der Waals surface area contributed by atoms with Gasteiger partial charge in [-0.2, -0.15) is 0 Å². The first kappa shape index (κ1) is 18.4. The first-order chi connectivity index (χ1) is 14.0. The molecule has 2 amide bonds. The van der Waals surface area contributed by atoms with Crippen molar-refractivity contribution in [1.82, 2.24) is 14.9 Å². The van der Waals surface area contributed by atoms with Crippen LogP contribution < -0.4 is 11.1 Å². The second-order valence-corrected chi connectivity index (χ2v) is 6.72. The van der Waals surface area contributed by atoms with E-state index in [-0.39, 0.29) is 30.2 Å². The van der Waals surface area contributed by atoms with Gasteiger partial charge in [0.15, 0.2) is 5.96 Å². The van der Waals surface area contributed by atoms with Crippen LogP contribution in [0.1, 0.15) is 28.4 Å². The van der Waals surface area contributed by atoms with Gasteiger partial charge in [0.1, 0.15) is 5.82 Å². The van der Waals surface area contributed by atoms with Crippen molar-refractivity contribution in [1.29, 1.82) is 0 Å². The van der Waals surface area contributed by atoms with Crippen molar-refractivity contribution in [2.45, 2.75) is 12.5 Å². The molecule has 1 aliphatic rings. The van der Waals surface area contributed by atoms with Crippen LogP contribution >= 0.6 is 0 Å². The van der Waals surface area contributed by atoms with E-state index in [1.807, 2.05) is 30.3 Å². The zero-order chi connectivity index (χ0) is 20.4. The van der Waals surface area contributed by atoms with E-state index in [9.17, 15) is 9.59 Å². The van der Waals surface area contributed by atoms with Crippen LogP contribution in [-0.4, -0.2) is 39.7 Å². The smallest absolute Gasteiger partial charge is 0.256 e. The summed E-state index contributed by atoms with van der Waals surface area (Å²) in [7, 11) is 1.60. The molecule has 29 heavy (non-hydrogen) atoms. The number of aliphatic imine (C=N–C) groups is 1. The van der Waals surface area contributed by atoms with Crippen LogP contribution in [-0.2, 0) is 4.79 Å². The maximum atomic E-state index is 12.9. The quantitative estimate of drug-likeness (QED) is 0.637. The van der Waals surface area contributed by atoms with E-state index in [0.29, 0.717) is 22.6 Å². The Kier molecular flexibility index (Phi) is 4.82. The number of benzene rings is 2. The molecule has 1 aliphatic heterocycles. The molecule has 8 nitrogen and oxygen atoms in total. The number of carbonyl (C=O) groups excluding carboxylic acids is 2. The van der Waals surface area contributed by atoms with Crippen molar-refractivity contribution >= 4 is 23.5 Å².